The maximum absolute atomic E-state index is 13.6. The van der Waals surface area contributed by atoms with Gasteiger partial charge < -0.3 is 0 Å². The average Bonchev–Trinajstić information content (AvgIpc) is 3.33. The van der Waals surface area contributed by atoms with E-state index in [1.165, 1.54) is 24.3 Å². The van der Waals surface area contributed by atoms with Gasteiger partial charge >= 0.3 is 0 Å². The SMILES string of the molecule is CC1CCCCN1S(=O)(=O)c1ccc(S(=O)(=O)N(Cc2ccccc2)C2CCCC2)cc1. The maximum Gasteiger partial charge on any atom is 0.243 e. The summed E-state index contributed by atoms with van der Waals surface area (Å²) in [5.41, 5.74) is 0.946. The molecule has 4 rings (SSSR count). The van der Waals surface area contributed by atoms with E-state index >= 15 is 0 Å². The summed E-state index contributed by atoms with van der Waals surface area (Å²) in [5, 5.41) is 0. The van der Waals surface area contributed by atoms with Gasteiger partial charge in [-0.25, -0.2) is 16.8 Å². The van der Waals surface area contributed by atoms with Crippen molar-refractivity contribution >= 4 is 20.0 Å². The first-order valence-corrected chi connectivity index (χ1v) is 14.4. The van der Waals surface area contributed by atoms with Crippen molar-refractivity contribution in [2.24, 2.45) is 0 Å². The van der Waals surface area contributed by atoms with E-state index in [2.05, 4.69) is 0 Å². The second-order valence-corrected chi connectivity index (χ2v) is 12.7. The van der Waals surface area contributed by atoms with E-state index in [1.807, 2.05) is 37.3 Å². The van der Waals surface area contributed by atoms with Gasteiger partial charge in [-0.2, -0.15) is 8.61 Å². The lowest BCUT2D eigenvalue weighted by Gasteiger charge is -2.32. The largest absolute Gasteiger partial charge is 0.243 e. The summed E-state index contributed by atoms with van der Waals surface area (Å²) in [6.45, 7) is 2.76. The lowest BCUT2D eigenvalue weighted by atomic mass is 10.1. The van der Waals surface area contributed by atoms with Gasteiger partial charge in [0.25, 0.3) is 0 Å². The lowest BCUT2D eigenvalue weighted by molar-refractivity contribution is 0.268. The van der Waals surface area contributed by atoms with Crippen LogP contribution in [0.25, 0.3) is 0 Å². The molecular weight excluding hydrogens is 444 g/mol. The van der Waals surface area contributed by atoms with Crippen molar-refractivity contribution in [1.29, 1.82) is 0 Å². The quantitative estimate of drug-likeness (QED) is 0.594. The van der Waals surface area contributed by atoms with Crippen LogP contribution in [0.3, 0.4) is 0 Å². The van der Waals surface area contributed by atoms with Gasteiger partial charge in [-0.15, -0.1) is 0 Å². The molecule has 0 amide bonds. The van der Waals surface area contributed by atoms with Crippen molar-refractivity contribution in [3.8, 4) is 0 Å². The number of sulfonamides is 2. The van der Waals surface area contributed by atoms with Crippen LogP contribution in [0.1, 0.15) is 57.4 Å². The van der Waals surface area contributed by atoms with Crippen molar-refractivity contribution < 1.29 is 16.8 Å². The van der Waals surface area contributed by atoms with Crippen molar-refractivity contribution in [3.05, 3.63) is 60.2 Å². The molecule has 1 aliphatic heterocycles. The Bertz CT molecular complexity index is 1110. The average molecular weight is 477 g/mol. The van der Waals surface area contributed by atoms with Crippen molar-refractivity contribution in [2.75, 3.05) is 6.54 Å². The lowest BCUT2D eigenvalue weighted by Crippen LogP contribution is -2.42. The molecule has 2 aromatic rings. The summed E-state index contributed by atoms with van der Waals surface area (Å²) in [5.74, 6) is 0. The van der Waals surface area contributed by atoms with Gasteiger partial charge in [0.2, 0.25) is 20.0 Å². The first-order valence-electron chi connectivity index (χ1n) is 11.5. The van der Waals surface area contributed by atoms with Crippen LogP contribution in [0.15, 0.2) is 64.4 Å². The highest BCUT2D eigenvalue weighted by Crippen LogP contribution is 2.31. The van der Waals surface area contributed by atoms with Crippen molar-refractivity contribution in [1.82, 2.24) is 8.61 Å². The molecule has 0 aromatic heterocycles. The predicted octanol–water partition coefficient (Wildman–Crippen LogP) is 4.38. The van der Waals surface area contributed by atoms with Crippen LogP contribution < -0.4 is 0 Å². The molecule has 2 aromatic carbocycles. The molecule has 1 heterocycles. The highest BCUT2D eigenvalue weighted by Gasteiger charge is 2.35. The molecule has 1 saturated carbocycles. The number of hydrogen-bond donors (Lipinski definition) is 0. The first kappa shape index (κ1) is 23.4. The minimum absolute atomic E-state index is 0.0298. The number of hydrogen-bond acceptors (Lipinski definition) is 4. The van der Waals surface area contributed by atoms with E-state index in [9.17, 15) is 16.8 Å². The second kappa shape index (κ2) is 9.63. The summed E-state index contributed by atoms with van der Waals surface area (Å²) in [6, 6.07) is 15.3. The van der Waals surface area contributed by atoms with Gasteiger partial charge in [0, 0.05) is 25.2 Å². The van der Waals surface area contributed by atoms with E-state index in [1.54, 1.807) is 8.61 Å². The topological polar surface area (TPSA) is 74.8 Å². The third-order valence-electron chi connectivity index (χ3n) is 6.69. The van der Waals surface area contributed by atoms with E-state index in [0.29, 0.717) is 13.1 Å². The molecule has 8 heteroatoms. The van der Waals surface area contributed by atoms with Crippen LogP contribution in [0.2, 0.25) is 0 Å². The highest BCUT2D eigenvalue weighted by molar-refractivity contribution is 7.89. The van der Waals surface area contributed by atoms with Gasteiger partial charge in [0.05, 0.1) is 9.79 Å². The zero-order chi connectivity index (χ0) is 22.8. The Balaban J connectivity index is 1.62. The Morgan fingerprint density at radius 1 is 0.812 bits per heavy atom. The molecule has 2 aliphatic rings. The van der Waals surface area contributed by atoms with E-state index in [4.69, 9.17) is 0 Å². The highest BCUT2D eigenvalue weighted by atomic mass is 32.2. The molecule has 0 N–H and O–H groups in total. The van der Waals surface area contributed by atoms with Crippen molar-refractivity contribution in [2.45, 2.75) is 80.3 Å². The summed E-state index contributed by atoms with van der Waals surface area (Å²) in [4.78, 5) is 0.298. The van der Waals surface area contributed by atoms with Crippen molar-refractivity contribution in [3.63, 3.8) is 0 Å². The van der Waals surface area contributed by atoms with Gasteiger partial charge in [-0.3, -0.25) is 0 Å². The monoisotopic (exact) mass is 476 g/mol. The third-order valence-corrected chi connectivity index (χ3v) is 10.6. The Hall–Kier alpha value is -1.74. The molecule has 1 aliphatic carbocycles. The fraction of sp³-hybridized carbons (Fsp3) is 0.500. The molecule has 32 heavy (non-hydrogen) atoms. The Labute approximate surface area is 192 Å². The Morgan fingerprint density at radius 3 is 2.03 bits per heavy atom. The maximum atomic E-state index is 13.6. The predicted molar refractivity (Wildman–Crippen MR) is 125 cm³/mol. The second-order valence-electron chi connectivity index (χ2n) is 8.91. The van der Waals surface area contributed by atoms with Crippen LogP contribution in [-0.4, -0.2) is 44.1 Å². The minimum Gasteiger partial charge on any atom is -0.207 e. The van der Waals surface area contributed by atoms with Gasteiger partial charge in [0.1, 0.15) is 0 Å². The zero-order valence-corrected chi connectivity index (χ0v) is 20.2. The summed E-state index contributed by atoms with van der Waals surface area (Å²) in [7, 11) is -7.39. The van der Waals surface area contributed by atoms with Crippen LogP contribution in [0.5, 0.6) is 0 Å². The van der Waals surface area contributed by atoms with E-state index in [-0.39, 0.29) is 21.9 Å². The van der Waals surface area contributed by atoms with Gasteiger partial charge in [0.15, 0.2) is 0 Å². The third kappa shape index (κ3) is 4.78. The Morgan fingerprint density at radius 2 is 1.41 bits per heavy atom. The van der Waals surface area contributed by atoms with Gasteiger partial charge in [-0.05, 0) is 62.4 Å². The molecule has 0 radical (unpaired) electrons. The smallest absolute Gasteiger partial charge is 0.207 e. The molecule has 6 nitrogen and oxygen atoms in total. The Kier molecular flexibility index (Phi) is 7.05. The molecule has 1 saturated heterocycles. The van der Waals surface area contributed by atoms with Crippen LogP contribution in [0, 0.1) is 0 Å². The summed E-state index contributed by atoms with van der Waals surface area (Å²) >= 11 is 0. The van der Waals surface area contributed by atoms with Crippen LogP contribution in [-0.2, 0) is 26.6 Å². The van der Waals surface area contributed by atoms with Gasteiger partial charge in [-0.1, -0.05) is 49.6 Å². The number of piperidine rings is 1. The molecule has 1 unspecified atom stereocenters. The van der Waals surface area contributed by atoms with Crippen LogP contribution in [0.4, 0.5) is 0 Å². The summed E-state index contributed by atoms with van der Waals surface area (Å²) < 4.78 is 56.6. The summed E-state index contributed by atoms with van der Waals surface area (Å²) in [6.07, 6.45) is 6.49. The molecule has 0 spiro atoms. The minimum atomic E-state index is -3.76. The first-order chi connectivity index (χ1) is 15.3. The molecule has 1 atom stereocenters. The zero-order valence-electron chi connectivity index (χ0n) is 18.6. The standard InChI is InChI=1S/C24H32N2O4S2/c1-20-9-7-8-18-25(20)31(27,28)23-14-16-24(17-15-23)32(29,30)26(22-12-5-6-13-22)19-21-10-3-2-4-11-21/h2-4,10-11,14-17,20,22H,5-9,12-13,18-19H2,1H3. The van der Waals surface area contributed by atoms with Crippen LogP contribution >= 0.6 is 0 Å². The molecular formula is C24H32N2O4S2. The number of benzene rings is 2. The fourth-order valence-electron chi connectivity index (χ4n) is 4.85. The van der Waals surface area contributed by atoms with E-state index in [0.717, 1.165) is 50.5 Å². The molecule has 2 fully saturated rings. The fourth-order valence-corrected chi connectivity index (χ4v) is 8.22. The molecule has 174 valence electrons. The number of nitrogens with zero attached hydrogens (tertiary/aromatic N) is 2. The van der Waals surface area contributed by atoms with E-state index < -0.39 is 20.0 Å². The normalized spacial score (nSPS) is 21.2. The number of rotatable bonds is 7. The molecule has 0 bridgehead atoms.